The number of hydrogen-bond donors (Lipinski definition) is 0. The maximum atomic E-state index is 14.0. The highest BCUT2D eigenvalue weighted by atomic mass is 19.1. The number of hydrogen-bond acceptors (Lipinski definition) is 4. The number of halogens is 1. The molecule has 1 unspecified atom stereocenters. The Kier molecular flexibility index (Phi) is 6.92. The van der Waals surface area contributed by atoms with Crippen LogP contribution in [-0.2, 0) is 27.5 Å². The zero-order chi connectivity index (χ0) is 21.6. The van der Waals surface area contributed by atoms with E-state index in [4.69, 9.17) is 4.74 Å². The lowest BCUT2D eigenvalue weighted by Crippen LogP contribution is -2.49. The topological polar surface area (TPSA) is 62.7 Å². The first-order valence-corrected chi connectivity index (χ1v) is 10.9. The van der Waals surface area contributed by atoms with Gasteiger partial charge in [0.25, 0.3) is 0 Å². The molecule has 6 nitrogen and oxygen atoms in total. The number of benzene rings is 1. The molecular formula is C24H28FN3O3. The monoisotopic (exact) mass is 425 g/mol. The molecular weight excluding hydrogens is 397 g/mol. The van der Waals surface area contributed by atoms with Crippen LogP contribution in [0.4, 0.5) is 4.39 Å². The van der Waals surface area contributed by atoms with E-state index in [1.54, 1.807) is 29.3 Å². The summed E-state index contributed by atoms with van der Waals surface area (Å²) in [7, 11) is 0. The Morgan fingerprint density at radius 3 is 2.61 bits per heavy atom. The van der Waals surface area contributed by atoms with E-state index in [9.17, 15) is 14.0 Å². The number of nitrogens with zero attached hydrogens (tertiary/aromatic N) is 3. The van der Waals surface area contributed by atoms with Gasteiger partial charge < -0.3 is 14.5 Å². The van der Waals surface area contributed by atoms with E-state index in [-0.39, 0.29) is 36.2 Å². The zero-order valence-electron chi connectivity index (χ0n) is 17.6. The molecule has 2 amide bonds. The molecule has 31 heavy (non-hydrogen) atoms. The molecule has 2 saturated heterocycles. The molecule has 0 aliphatic carbocycles. The maximum Gasteiger partial charge on any atom is 0.227 e. The molecule has 2 aliphatic rings. The highest BCUT2D eigenvalue weighted by Gasteiger charge is 2.34. The van der Waals surface area contributed by atoms with E-state index in [1.807, 2.05) is 23.1 Å². The van der Waals surface area contributed by atoms with Gasteiger partial charge in [0.1, 0.15) is 5.82 Å². The van der Waals surface area contributed by atoms with Crippen molar-refractivity contribution in [3.8, 4) is 0 Å². The number of carbonyl (C=O) groups is 2. The van der Waals surface area contributed by atoms with Gasteiger partial charge in [-0.25, -0.2) is 4.39 Å². The van der Waals surface area contributed by atoms with E-state index in [2.05, 4.69) is 4.98 Å². The van der Waals surface area contributed by atoms with E-state index in [0.717, 1.165) is 18.5 Å². The van der Waals surface area contributed by atoms with Crippen LogP contribution in [0.15, 0.2) is 48.7 Å². The van der Waals surface area contributed by atoms with Gasteiger partial charge in [0.2, 0.25) is 11.8 Å². The van der Waals surface area contributed by atoms with Crippen molar-refractivity contribution in [3.05, 3.63) is 65.7 Å². The molecule has 2 aromatic rings. The van der Waals surface area contributed by atoms with Crippen LogP contribution in [0.3, 0.4) is 0 Å². The van der Waals surface area contributed by atoms with Crippen LogP contribution in [0.5, 0.6) is 0 Å². The predicted molar refractivity (Wildman–Crippen MR) is 113 cm³/mol. The Hall–Kier alpha value is -2.80. The molecule has 0 bridgehead atoms. The van der Waals surface area contributed by atoms with E-state index in [1.165, 1.54) is 6.07 Å². The van der Waals surface area contributed by atoms with Gasteiger partial charge in [0, 0.05) is 44.4 Å². The summed E-state index contributed by atoms with van der Waals surface area (Å²) in [6, 6.07) is 12.2. The summed E-state index contributed by atoms with van der Waals surface area (Å²) in [5, 5.41) is 0. The molecule has 7 heteroatoms. The Labute approximate surface area is 182 Å². The van der Waals surface area contributed by atoms with E-state index < -0.39 is 0 Å². The number of likely N-dealkylation sites (tertiary alicyclic amines) is 2. The molecule has 164 valence electrons. The molecule has 2 fully saturated rings. The normalized spacial score (nSPS) is 20.2. The van der Waals surface area contributed by atoms with Gasteiger partial charge in [-0.2, -0.15) is 0 Å². The predicted octanol–water partition coefficient (Wildman–Crippen LogP) is 3.17. The van der Waals surface area contributed by atoms with Gasteiger partial charge in [0.05, 0.1) is 24.3 Å². The number of piperidine rings is 2. The summed E-state index contributed by atoms with van der Waals surface area (Å²) in [5.74, 6) is -0.477. The van der Waals surface area contributed by atoms with Gasteiger partial charge in [-0.15, -0.1) is 0 Å². The molecule has 0 saturated carbocycles. The fourth-order valence-electron chi connectivity index (χ4n) is 4.29. The van der Waals surface area contributed by atoms with E-state index >= 15 is 0 Å². The first-order chi connectivity index (χ1) is 15.1. The fraction of sp³-hybridized carbons (Fsp3) is 0.458. The SMILES string of the molecule is O=C1CCC(C(=O)N2CCC(OCc3ccccn3)CC2)CN1Cc1ccccc1F. The first-order valence-electron chi connectivity index (χ1n) is 10.9. The molecule has 1 aromatic heterocycles. The molecule has 4 rings (SSSR count). The number of ether oxygens (including phenoxy) is 1. The first kappa shape index (κ1) is 21.4. The third kappa shape index (κ3) is 5.47. The molecule has 0 spiro atoms. The third-order valence-corrected chi connectivity index (χ3v) is 6.12. The fourth-order valence-corrected chi connectivity index (χ4v) is 4.29. The van der Waals surface area contributed by atoms with Gasteiger partial charge in [-0.05, 0) is 37.5 Å². The summed E-state index contributed by atoms with van der Waals surface area (Å²) in [4.78, 5) is 33.2. The van der Waals surface area contributed by atoms with Gasteiger partial charge in [-0.3, -0.25) is 14.6 Å². The van der Waals surface area contributed by atoms with Crippen molar-refractivity contribution in [1.29, 1.82) is 0 Å². The van der Waals surface area contributed by atoms with Gasteiger partial charge >= 0.3 is 0 Å². The third-order valence-electron chi connectivity index (χ3n) is 6.12. The minimum atomic E-state index is -0.323. The van der Waals surface area contributed by atoms with Crippen LogP contribution < -0.4 is 0 Å². The van der Waals surface area contributed by atoms with Crippen molar-refractivity contribution < 1.29 is 18.7 Å². The quantitative estimate of drug-likeness (QED) is 0.713. The summed E-state index contributed by atoms with van der Waals surface area (Å²) in [5.41, 5.74) is 1.39. The summed E-state index contributed by atoms with van der Waals surface area (Å²) in [6.45, 7) is 2.35. The number of pyridine rings is 1. The summed E-state index contributed by atoms with van der Waals surface area (Å²) >= 11 is 0. The summed E-state index contributed by atoms with van der Waals surface area (Å²) < 4.78 is 20.0. The van der Waals surface area contributed by atoms with E-state index in [0.29, 0.717) is 44.6 Å². The van der Waals surface area contributed by atoms with Crippen molar-refractivity contribution >= 4 is 11.8 Å². The summed E-state index contributed by atoms with van der Waals surface area (Å²) in [6.07, 6.45) is 4.35. The molecule has 0 N–H and O–H groups in total. The van der Waals surface area contributed by atoms with Crippen LogP contribution >= 0.6 is 0 Å². The number of amides is 2. The van der Waals surface area contributed by atoms with Crippen LogP contribution in [0.1, 0.15) is 36.9 Å². The average Bonchev–Trinajstić information content (AvgIpc) is 2.81. The van der Waals surface area contributed by atoms with Crippen LogP contribution in [0.25, 0.3) is 0 Å². The Bertz CT molecular complexity index is 900. The Morgan fingerprint density at radius 1 is 1.10 bits per heavy atom. The Balaban J connectivity index is 1.27. The highest BCUT2D eigenvalue weighted by Crippen LogP contribution is 2.24. The largest absolute Gasteiger partial charge is 0.372 e. The van der Waals surface area contributed by atoms with Crippen LogP contribution in [0.2, 0.25) is 0 Å². The lowest BCUT2D eigenvalue weighted by Gasteiger charge is -2.37. The van der Waals surface area contributed by atoms with Gasteiger partial charge in [-0.1, -0.05) is 24.3 Å². The van der Waals surface area contributed by atoms with Crippen molar-refractivity contribution in [2.75, 3.05) is 19.6 Å². The second-order valence-electron chi connectivity index (χ2n) is 8.26. The van der Waals surface area contributed by atoms with Crippen molar-refractivity contribution in [2.45, 2.75) is 44.9 Å². The van der Waals surface area contributed by atoms with Crippen molar-refractivity contribution in [1.82, 2.24) is 14.8 Å². The minimum absolute atomic E-state index is 0.0195. The second-order valence-corrected chi connectivity index (χ2v) is 8.26. The number of rotatable bonds is 6. The Morgan fingerprint density at radius 2 is 1.87 bits per heavy atom. The lowest BCUT2D eigenvalue weighted by molar-refractivity contribution is -0.145. The lowest BCUT2D eigenvalue weighted by atomic mass is 9.94. The highest BCUT2D eigenvalue weighted by molar-refractivity contribution is 5.84. The average molecular weight is 426 g/mol. The maximum absolute atomic E-state index is 14.0. The van der Waals surface area contributed by atoms with Crippen molar-refractivity contribution in [3.63, 3.8) is 0 Å². The smallest absolute Gasteiger partial charge is 0.227 e. The minimum Gasteiger partial charge on any atom is -0.372 e. The number of aromatic nitrogens is 1. The van der Waals surface area contributed by atoms with Crippen LogP contribution in [0, 0.1) is 11.7 Å². The standard InChI is InChI=1S/C24H28FN3O3/c25-22-7-2-1-5-18(22)15-28-16-19(8-9-23(28)29)24(30)27-13-10-21(11-14-27)31-17-20-6-3-4-12-26-20/h1-7,12,19,21H,8-11,13-17H2. The molecule has 2 aliphatic heterocycles. The van der Waals surface area contributed by atoms with Crippen LogP contribution in [-0.4, -0.2) is 52.3 Å². The zero-order valence-corrected chi connectivity index (χ0v) is 17.6. The molecule has 1 atom stereocenters. The second kappa shape index (κ2) is 10.0. The molecule has 1 aromatic carbocycles. The van der Waals surface area contributed by atoms with Crippen molar-refractivity contribution in [2.24, 2.45) is 5.92 Å². The van der Waals surface area contributed by atoms with Gasteiger partial charge in [0.15, 0.2) is 0 Å². The molecule has 3 heterocycles. The molecule has 0 radical (unpaired) electrons. The number of carbonyl (C=O) groups excluding carboxylic acids is 2.